The van der Waals surface area contributed by atoms with Crippen LogP contribution in [-0.2, 0) is 12.8 Å². The van der Waals surface area contributed by atoms with Gasteiger partial charge in [-0.3, -0.25) is 0 Å². The SMILES string of the molecule is Oc1ccccc1Cc1nc(C2Cc3ccccc32)no1. The van der Waals surface area contributed by atoms with Gasteiger partial charge >= 0.3 is 0 Å². The minimum absolute atomic E-state index is 0.239. The summed E-state index contributed by atoms with van der Waals surface area (Å²) in [5.74, 6) is 1.77. The Morgan fingerprint density at radius 3 is 2.76 bits per heavy atom. The molecule has 4 nitrogen and oxygen atoms in total. The number of para-hydroxylation sites is 1. The zero-order valence-electron chi connectivity index (χ0n) is 11.4. The van der Waals surface area contributed by atoms with Crippen LogP contribution in [0.2, 0.25) is 0 Å². The maximum atomic E-state index is 9.79. The molecular formula is C17H14N2O2. The van der Waals surface area contributed by atoms with Crippen LogP contribution in [0, 0.1) is 0 Å². The number of nitrogens with zero attached hydrogens (tertiary/aromatic N) is 2. The highest BCUT2D eigenvalue weighted by Crippen LogP contribution is 2.38. The predicted octanol–water partition coefficient (Wildman–Crippen LogP) is 3.05. The van der Waals surface area contributed by atoms with E-state index in [4.69, 9.17) is 4.52 Å². The molecule has 0 amide bonds. The van der Waals surface area contributed by atoms with Crippen LogP contribution >= 0.6 is 0 Å². The van der Waals surface area contributed by atoms with E-state index in [1.165, 1.54) is 11.1 Å². The zero-order valence-corrected chi connectivity index (χ0v) is 11.4. The van der Waals surface area contributed by atoms with Gasteiger partial charge in [0.05, 0.1) is 12.3 Å². The number of aromatic nitrogens is 2. The van der Waals surface area contributed by atoms with Crippen LogP contribution in [0.1, 0.15) is 34.3 Å². The van der Waals surface area contributed by atoms with E-state index in [0.717, 1.165) is 17.8 Å². The van der Waals surface area contributed by atoms with Gasteiger partial charge in [-0.15, -0.1) is 0 Å². The fraction of sp³-hybridized carbons (Fsp3) is 0.176. The van der Waals surface area contributed by atoms with E-state index in [-0.39, 0.29) is 11.7 Å². The van der Waals surface area contributed by atoms with E-state index in [1.54, 1.807) is 12.1 Å². The van der Waals surface area contributed by atoms with Crippen molar-refractivity contribution >= 4 is 0 Å². The zero-order chi connectivity index (χ0) is 14.2. The molecule has 1 aliphatic carbocycles. The Labute approximate surface area is 122 Å². The van der Waals surface area contributed by atoms with E-state index in [0.29, 0.717) is 12.3 Å². The predicted molar refractivity (Wildman–Crippen MR) is 77.2 cm³/mol. The summed E-state index contributed by atoms with van der Waals surface area (Å²) in [5, 5.41) is 13.9. The second kappa shape index (κ2) is 4.74. The molecule has 2 aromatic carbocycles. The number of hydrogen-bond acceptors (Lipinski definition) is 4. The molecule has 3 aromatic rings. The highest BCUT2D eigenvalue weighted by molar-refractivity contribution is 5.43. The molecule has 1 atom stereocenters. The van der Waals surface area contributed by atoms with Crippen molar-refractivity contribution in [2.75, 3.05) is 0 Å². The van der Waals surface area contributed by atoms with E-state index in [9.17, 15) is 5.11 Å². The fourth-order valence-electron chi connectivity index (χ4n) is 2.79. The van der Waals surface area contributed by atoms with Crippen molar-refractivity contribution in [1.29, 1.82) is 0 Å². The third kappa shape index (κ3) is 2.09. The smallest absolute Gasteiger partial charge is 0.231 e. The first-order chi connectivity index (χ1) is 10.3. The minimum atomic E-state index is 0.239. The summed E-state index contributed by atoms with van der Waals surface area (Å²) in [5.41, 5.74) is 3.43. The summed E-state index contributed by atoms with van der Waals surface area (Å²) in [6, 6.07) is 15.5. The lowest BCUT2D eigenvalue weighted by Crippen LogP contribution is -2.19. The Morgan fingerprint density at radius 1 is 1.10 bits per heavy atom. The normalized spacial score (nSPS) is 16.3. The maximum absolute atomic E-state index is 9.79. The monoisotopic (exact) mass is 278 g/mol. The lowest BCUT2D eigenvalue weighted by molar-refractivity contribution is 0.374. The van der Waals surface area contributed by atoms with Gasteiger partial charge in [-0.25, -0.2) is 0 Å². The van der Waals surface area contributed by atoms with Gasteiger partial charge in [-0.1, -0.05) is 47.6 Å². The number of benzene rings is 2. The van der Waals surface area contributed by atoms with Gasteiger partial charge in [-0.05, 0) is 23.6 Å². The lowest BCUT2D eigenvalue weighted by Gasteiger charge is -2.27. The molecule has 0 saturated carbocycles. The highest BCUT2D eigenvalue weighted by Gasteiger charge is 2.30. The number of hydrogen-bond donors (Lipinski definition) is 1. The van der Waals surface area contributed by atoms with Gasteiger partial charge in [-0.2, -0.15) is 4.98 Å². The fourth-order valence-corrected chi connectivity index (χ4v) is 2.79. The summed E-state index contributed by atoms with van der Waals surface area (Å²) in [6.45, 7) is 0. The van der Waals surface area contributed by atoms with E-state index >= 15 is 0 Å². The standard InChI is InChI=1S/C17H14N2O2/c20-15-8-4-2-6-12(15)10-16-18-17(19-21-16)14-9-11-5-1-3-7-13(11)14/h1-8,14,20H,9-10H2. The molecule has 1 heterocycles. The molecule has 0 saturated heterocycles. The summed E-state index contributed by atoms with van der Waals surface area (Å²) in [4.78, 5) is 4.48. The van der Waals surface area contributed by atoms with Gasteiger partial charge in [0.2, 0.25) is 5.89 Å². The third-order valence-corrected chi connectivity index (χ3v) is 3.98. The average molecular weight is 278 g/mol. The van der Waals surface area contributed by atoms with Gasteiger partial charge in [0.15, 0.2) is 5.82 Å². The largest absolute Gasteiger partial charge is 0.508 e. The number of aromatic hydroxyl groups is 1. The van der Waals surface area contributed by atoms with Crippen LogP contribution in [0.25, 0.3) is 0 Å². The van der Waals surface area contributed by atoms with Gasteiger partial charge in [0, 0.05) is 5.56 Å². The van der Waals surface area contributed by atoms with Gasteiger partial charge < -0.3 is 9.63 Å². The highest BCUT2D eigenvalue weighted by atomic mass is 16.5. The van der Waals surface area contributed by atoms with Crippen LogP contribution in [0.15, 0.2) is 53.1 Å². The average Bonchev–Trinajstić information content (AvgIpc) is 2.91. The van der Waals surface area contributed by atoms with Crippen LogP contribution < -0.4 is 0 Å². The Balaban J connectivity index is 1.56. The Hall–Kier alpha value is -2.62. The van der Waals surface area contributed by atoms with E-state index in [1.807, 2.05) is 18.2 Å². The summed E-state index contributed by atoms with van der Waals surface area (Å²) < 4.78 is 5.32. The molecule has 104 valence electrons. The Morgan fingerprint density at radius 2 is 1.90 bits per heavy atom. The van der Waals surface area contributed by atoms with Crippen molar-refractivity contribution in [3.8, 4) is 5.75 Å². The molecule has 1 aliphatic rings. The van der Waals surface area contributed by atoms with Crippen molar-refractivity contribution in [3.05, 3.63) is 76.9 Å². The van der Waals surface area contributed by atoms with Crippen LogP contribution in [-0.4, -0.2) is 15.2 Å². The van der Waals surface area contributed by atoms with Crippen LogP contribution in [0.4, 0.5) is 0 Å². The molecule has 4 rings (SSSR count). The van der Waals surface area contributed by atoms with Crippen LogP contribution in [0.3, 0.4) is 0 Å². The quantitative estimate of drug-likeness (QED) is 0.800. The molecule has 0 fully saturated rings. The molecular weight excluding hydrogens is 264 g/mol. The summed E-state index contributed by atoms with van der Waals surface area (Å²) in [6.07, 6.45) is 1.42. The summed E-state index contributed by atoms with van der Waals surface area (Å²) >= 11 is 0. The first kappa shape index (κ1) is 12.1. The molecule has 4 heteroatoms. The van der Waals surface area contributed by atoms with Gasteiger partial charge in [0.25, 0.3) is 0 Å². The van der Waals surface area contributed by atoms with Crippen molar-refractivity contribution < 1.29 is 9.63 Å². The summed E-state index contributed by atoms with van der Waals surface area (Å²) in [7, 11) is 0. The van der Waals surface area contributed by atoms with Crippen molar-refractivity contribution in [2.45, 2.75) is 18.8 Å². The number of phenols is 1. The molecule has 1 aromatic heterocycles. The topological polar surface area (TPSA) is 59.2 Å². The molecule has 0 radical (unpaired) electrons. The van der Waals surface area contributed by atoms with Crippen molar-refractivity contribution in [3.63, 3.8) is 0 Å². The molecule has 0 bridgehead atoms. The molecule has 1 N–H and O–H groups in total. The lowest BCUT2D eigenvalue weighted by atomic mass is 9.77. The minimum Gasteiger partial charge on any atom is -0.508 e. The van der Waals surface area contributed by atoms with E-state index < -0.39 is 0 Å². The Kier molecular flexibility index (Phi) is 2.74. The molecule has 21 heavy (non-hydrogen) atoms. The molecule has 1 unspecified atom stereocenters. The number of fused-ring (bicyclic) bond motifs is 1. The third-order valence-electron chi connectivity index (χ3n) is 3.98. The number of phenolic OH excluding ortho intramolecular Hbond substituents is 1. The molecule has 0 aliphatic heterocycles. The maximum Gasteiger partial charge on any atom is 0.231 e. The van der Waals surface area contributed by atoms with Crippen molar-refractivity contribution in [2.24, 2.45) is 0 Å². The van der Waals surface area contributed by atoms with Crippen LogP contribution in [0.5, 0.6) is 5.75 Å². The second-order valence-corrected chi connectivity index (χ2v) is 5.31. The number of rotatable bonds is 3. The Bertz CT molecular complexity index is 795. The first-order valence-corrected chi connectivity index (χ1v) is 6.98. The van der Waals surface area contributed by atoms with Gasteiger partial charge in [0.1, 0.15) is 5.75 Å². The van der Waals surface area contributed by atoms with Crippen molar-refractivity contribution in [1.82, 2.24) is 10.1 Å². The molecule has 0 spiro atoms. The van der Waals surface area contributed by atoms with E-state index in [2.05, 4.69) is 28.3 Å². The first-order valence-electron chi connectivity index (χ1n) is 6.98. The second-order valence-electron chi connectivity index (χ2n) is 5.31.